The molecule has 0 atom stereocenters. The van der Waals surface area contributed by atoms with E-state index >= 15 is 0 Å². The standard InChI is InChI=1S/C22H27F3N6O/c1-15-13-19(29-21(27-15)28-17-5-3-2-4-6-17)30-9-11-31(12-10-30)20(32)16-7-8-18(26-14-16)22(23,24)25/h7-8,13-14,17H,2-6,9-12H2,1H3,(H,27,28,29). The summed E-state index contributed by atoms with van der Waals surface area (Å²) in [6.07, 6.45) is 2.46. The minimum Gasteiger partial charge on any atom is -0.353 e. The molecule has 10 heteroatoms. The summed E-state index contributed by atoms with van der Waals surface area (Å²) in [5, 5.41) is 3.46. The maximum Gasteiger partial charge on any atom is 0.433 e. The van der Waals surface area contributed by atoms with Crippen LogP contribution in [-0.4, -0.2) is 58.0 Å². The van der Waals surface area contributed by atoms with Crippen LogP contribution in [0.1, 0.15) is 53.8 Å². The zero-order valence-electron chi connectivity index (χ0n) is 18.0. The zero-order valence-corrected chi connectivity index (χ0v) is 18.0. The number of hydrogen-bond donors (Lipinski definition) is 1. The number of rotatable bonds is 4. The first kappa shape index (κ1) is 22.3. The Kier molecular flexibility index (Phi) is 6.48. The third-order valence-corrected chi connectivity index (χ3v) is 5.97. The summed E-state index contributed by atoms with van der Waals surface area (Å²) in [7, 11) is 0. The molecule has 4 rings (SSSR count). The van der Waals surface area contributed by atoms with E-state index in [0.29, 0.717) is 38.2 Å². The Morgan fingerprint density at radius 3 is 2.41 bits per heavy atom. The molecule has 32 heavy (non-hydrogen) atoms. The number of nitrogens with zero attached hydrogens (tertiary/aromatic N) is 5. The molecule has 172 valence electrons. The van der Waals surface area contributed by atoms with E-state index in [0.717, 1.165) is 36.6 Å². The fourth-order valence-corrected chi connectivity index (χ4v) is 4.22. The first-order chi connectivity index (χ1) is 15.3. The van der Waals surface area contributed by atoms with Crippen molar-refractivity contribution in [2.75, 3.05) is 36.4 Å². The fourth-order valence-electron chi connectivity index (χ4n) is 4.22. The number of anilines is 2. The summed E-state index contributed by atoms with van der Waals surface area (Å²) in [5.74, 6) is 1.14. The number of halogens is 3. The predicted molar refractivity (Wildman–Crippen MR) is 115 cm³/mol. The molecule has 0 unspecified atom stereocenters. The minimum atomic E-state index is -4.52. The van der Waals surface area contributed by atoms with E-state index in [-0.39, 0.29) is 11.5 Å². The van der Waals surface area contributed by atoms with E-state index in [4.69, 9.17) is 4.98 Å². The number of carbonyl (C=O) groups excluding carboxylic acids is 1. The van der Waals surface area contributed by atoms with E-state index in [1.54, 1.807) is 4.90 Å². The third kappa shape index (κ3) is 5.28. The molecule has 7 nitrogen and oxygen atoms in total. The van der Waals surface area contributed by atoms with Gasteiger partial charge in [0, 0.05) is 50.2 Å². The maximum atomic E-state index is 12.7. The quantitative estimate of drug-likeness (QED) is 0.765. The van der Waals surface area contributed by atoms with Crippen LogP contribution in [-0.2, 0) is 6.18 Å². The lowest BCUT2D eigenvalue weighted by Crippen LogP contribution is -2.49. The Bertz CT molecular complexity index is 936. The maximum absolute atomic E-state index is 12.7. The van der Waals surface area contributed by atoms with Gasteiger partial charge in [-0.2, -0.15) is 18.2 Å². The van der Waals surface area contributed by atoms with Gasteiger partial charge in [0.2, 0.25) is 5.95 Å². The van der Waals surface area contributed by atoms with Gasteiger partial charge in [-0.15, -0.1) is 0 Å². The monoisotopic (exact) mass is 448 g/mol. The highest BCUT2D eigenvalue weighted by Crippen LogP contribution is 2.27. The van der Waals surface area contributed by atoms with Crippen molar-refractivity contribution in [2.24, 2.45) is 0 Å². The molecule has 2 fully saturated rings. The van der Waals surface area contributed by atoms with Crippen LogP contribution in [0.3, 0.4) is 0 Å². The van der Waals surface area contributed by atoms with E-state index in [1.807, 2.05) is 13.0 Å². The van der Waals surface area contributed by atoms with E-state index in [2.05, 4.69) is 20.2 Å². The van der Waals surface area contributed by atoms with E-state index in [1.165, 1.54) is 25.3 Å². The number of aromatic nitrogens is 3. The average molecular weight is 448 g/mol. The SMILES string of the molecule is Cc1cc(N2CCN(C(=O)c3ccc(C(F)(F)F)nc3)CC2)nc(NC2CCCCC2)n1. The van der Waals surface area contributed by atoms with Gasteiger partial charge in [-0.1, -0.05) is 19.3 Å². The number of aryl methyl sites for hydroxylation is 1. The Morgan fingerprint density at radius 1 is 1.06 bits per heavy atom. The van der Waals surface area contributed by atoms with Gasteiger partial charge in [0.1, 0.15) is 11.5 Å². The second kappa shape index (κ2) is 9.30. The summed E-state index contributed by atoms with van der Waals surface area (Å²) in [5.41, 5.74) is 0.0292. The lowest BCUT2D eigenvalue weighted by Gasteiger charge is -2.35. The molecule has 3 heterocycles. The van der Waals surface area contributed by atoms with Crippen LogP contribution in [0, 0.1) is 6.92 Å². The van der Waals surface area contributed by atoms with Crippen molar-refractivity contribution in [3.05, 3.63) is 41.3 Å². The zero-order chi connectivity index (χ0) is 22.7. The number of alkyl halides is 3. The van der Waals surface area contributed by atoms with Crippen LogP contribution in [0.25, 0.3) is 0 Å². The van der Waals surface area contributed by atoms with Crippen LogP contribution >= 0.6 is 0 Å². The normalized spacial score (nSPS) is 18.0. The van der Waals surface area contributed by atoms with Gasteiger partial charge in [0.15, 0.2) is 0 Å². The number of hydrogen-bond acceptors (Lipinski definition) is 6. The second-order valence-electron chi connectivity index (χ2n) is 8.38. The van der Waals surface area contributed by atoms with Gasteiger partial charge < -0.3 is 15.1 Å². The molecule has 0 bridgehead atoms. The van der Waals surface area contributed by atoms with E-state index in [9.17, 15) is 18.0 Å². The first-order valence-electron chi connectivity index (χ1n) is 11.0. The molecule has 1 amide bonds. The van der Waals surface area contributed by atoms with Crippen molar-refractivity contribution in [1.29, 1.82) is 0 Å². The first-order valence-corrected chi connectivity index (χ1v) is 11.0. The molecule has 0 aromatic carbocycles. The van der Waals surface area contributed by atoms with Crippen molar-refractivity contribution in [1.82, 2.24) is 19.9 Å². The van der Waals surface area contributed by atoms with Gasteiger partial charge in [0.05, 0.1) is 5.56 Å². The molecular weight excluding hydrogens is 421 g/mol. The number of carbonyl (C=O) groups is 1. The van der Waals surface area contributed by atoms with Gasteiger partial charge in [-0.05, 0) is 31.9 Å². The largest absolute Gasteiger partial charge is 0.433 e. The topological polar surface area (TPSA) is 74.2 Å². The number of piperazine rings is 1. The second-order valence-corrected chi connectivity index (χ2v) is 8.38. The molecule has 0 radical (unpaired) electrons. The van der Waals surface area contributed by atoms with Crippen LogP contribution in [0.5, 0.6) is 0 Å². The van der Waals surface area contributed by atoms with Crippen LogP contribution in [0.4, 0.5) is 24.9 Å². The average Bonchev–Trinajstić information content (AvgIpc) is 2.78. The third-order valence-electron chi connectivity index (χ3n) is 5.97. The fraction of sp³-hybridized carbons (Fsp3) is 0.545. The van der Waals surface area contributed by atoms with E-state index < -0.39 is 11.9 Å². The molecule has 1 aliphatic heterocycles. The summed E-state index contributed by atoms with van der Waals surface area (Å²) in [4.78, 5) is 29.0. The predicted octanol–water partition coefficient (Wildman–Crippen LogP) is 3.91. The van der Waals surface area contributed by atoms with Gasteiger partial charge in [-0.25, -0.2) is 4.98 Å². The van der Waals surface area contributed by atoms with Crippen LogP contribution in [0.2, 0.25) is 0 Å². The highest BCUT2D eigenvalue weighted by molar-refractivity contribution is 5.94. The summed E-state index contributed by atoms with van der Waals surface area (Å²) < 4.78 is 38.1. The van der Waals surface area contributed by atoms with Crippen molar-refractivity contribution >= 4 is 17.7 Å². The van der Waals surface area contributed by atoms with Crippen molar-refractivity contribution in [3.63, 3.8) is 0 Å². The molecule has 2 aromatic heterocycles. The number of nitrogens with one attached hydrogen (secondary N) is 1. The van der Waals surface area contributed by atoms with Gasteiger partial charge >= 0.3 is 6.18 Å². The Hall–Kier alpha value is -2.91. The highest BCUT2D eigenvalue weighted by atomic mass is 19.4. The molecule has 1 aliphatic carbocycles. The Labute approximate surface area is 185 Å². The van der Waals surface area contributed by atoms with Gasteiger partial charge in [0.25, 0.3) is 5.91 Å². The molecular formula is C22H27F3N6O. The molecule has 2 aromatic rings. The Morgan fingerprint density at radius 2 is 1.78 bits per heavy atom. The number of pyridine rings is 1. The van der Waals surface area contributed by atoms with Crippen LogP contribution < -0.4 is 10.2 Å². The smallest absolute Gasteiger partial charge is 0.353 e. The number of amides is 1. The van der Waals surface area contributed by atoms with Gasteiger partial charge in [-0.3, -0.25) is 9.78 Å². The molecule has 1 N–H and O–H groups in total. The highest BCUT2D eigenvalue weighted by Gasteiger charge is 2.32. The van der Waals surface area contributed by atoms with Crippen LogP contribution in [0.15, 0.2) is 24.4 Å². The molecule has 1 saturated carbocycles. The summed E-state index contributed by atoms with van der Waals surface area (Å²) >= 11 is 0. The Balaban J connectivity index is 1.37. The lowest BCUT2D eigenvalue weighted by molar-refractivity contribution is -0.141. The van der Waals surface area contributed by atoms with Crippen molar-refractivity contribution < 1.29 is 18.0 Å². The lowest BCUT2D eigenvalue weighted by atomic mass is 9.96. The molecule has 1 saturated heterocycles. The summed E-state index contributed by atoms with van der Waals surface area (Å²) in [6, 6.07) is 4.36. The molecule has 0 spiro atoms. The minimum absolute atomic E-state index is 0.156. The van der Waals surface area contributed by atoms with Crippen molar-refractivity contribution in [2.45, 2.75) is 51.2 Å². The molecule has 2 aliphatic rings. The summed E-state index contributed by atoms with van der Waals surface area (Å²) in [6.45, 7) is 4.01. The van der Waals surface area contributed by atoms with Crippen molar-refractivity contribution in [3.8, 4) is 0 Å².